The van der Waals surface area contributed by atoms with Gasteiger partial charge in [0, 0.05) is 12.1 Å². The van der Waals surface area contributed by atoms with E-state index in [1.54, 1.807) is 17.9 Å². The molecule has 1 atom stereocenters. The number of carbonyl (C=O) groups is 1. The third-order valence-electron chi connectivity index (χ3n) is 6.07. The molecule has 9 nitrogen and oxygen atoms in total. The van der Waals surface area contributed by atoms with Gasteiger partial charge in [0.1, 0.15) is 5.75 Å². The molecule has 10 heteroatoms. The highest BCUT2D eigenvalue weighted by molar-refractivity contribution is 7.91. The summed E-state index contributed by atoms with van der Waals surface area (Å²) in [5.74, 6) is 0.644. The lowest BCUT2D eigenvalue weighted by Crippen LogP contribution is -2.27. The summed E-state index contributed by atoms with van der Waals surface area (Å²) in [5.41, 5.74) is 3.07. The number of methoxy groups -OCH3 is 1. The first-order chi connectivity index (χ1) is 16.2. The van der Waals surface area contributed by atoms with Crippen molar-refractivity contribution < 1.29 is 17.9 Å². The van der Waals surface area contributed by atoms with Crippen LogP contribution in [0.2, 0.25) is 0 Å². The summed E-state index contributed by atoms with van der Waals surface area (Å²) >= 11 is 0. The monoisotopic (exact) mass is 485 g/mol. The van der Waals surface area contributed by atoms with Gasteiger partial charge >= 0.3 is 0 Å². The summed E-state index contributed by atoms with van der Waals surface area (Å²) < 4.78 is 31.3. The first-order valence-electron chi connectivity index (χ1n) is 11.4. The van der Waals surface area contributed by atoms with Crippen molar-refractivity contribution in [2.75, 3.05) is 45.8 Å². The molecule has 0 aliphatic carbocycles. The molecule has 182 valence electrons. The Balaban J connectivity index is 1.81. The Bertz CT molecular complexity index is 1320. The van der Waals surface area contributed by atoms with Crippen LogP contribution in [0, 0.1) is 6.92 Å². The van der Waals surface area contributed by atoms with Crippen molar-refractivity contribution in [3.05, 3.63) is 41.6 Å². The fourth-order valence-electron chi connectivity index (χ4n) is 4.34. The van der Waals surface area contributed by atoms with Crippen LogP contribution in [0.5, 0.6) is 5.75 Å². The van der Waals surface area contributed by atoms with Crippen LogP contribution in [0.3, 0.4) is 0 Å². The van der Waals surface area contributed by atoms with E-state index in [0.717, 1.165) is 18.5 Å². The van der Waals surface area contributed by atoms with Crippen molar-refractivity contribution in [2.24, 2.45) is 0 Å². The third-order valence-corrected chi connectivity index (χ3v) is 7.82. The van der Waals surface area contributed by atoms with Gasteiger partial charge in [-0.05, 0) is 58.6 Å². The molecule has 2 aromatic heterocycles. The molecule has 1 aliphatic heterocycles. The number of carbonyl (C=O) groups excluding carboxylic acids is 1. The Labute approximate surface area is 200 Å². The molecule has 0 radical (unpaired) electrons. The molecule has 0 saturated carbocycles. The lowest BCUT2D eigenvalue weighted by molar-refractivity contribution is 0.0954. The lowest BCUT2D eigenvalue weighted by atomic mass is 10.0. The minimum Gasteiger partial charge on any atom is -0.497 e. The Morgan fingerprint density at radius 3 is 2.76 bits per heavy atom. The van der Waals surface area contributed by atoms with Crippen LogP contribution in [0.25, 0.3) is 22.3 Å². The van der Waals surface area contributed by atoms with Gasteiger partial charge < -0.3 is 15.0 Å². The van der Waals surface area contributed by atoms with Crippen molar-refractivity contribution in [2.45, 2.75) is 25.8 Å². The normalized spacial score (nSPS) is 17.4. The molecule has 0 spiro atoms. The predicted molar refractivity (Wildman–Crippen MR) is 132 cm³/mol. The second kappa shape index (κ2) is 9.71. The molecule has 3 aromatic rings. The van der Waals surface area contributed by atoms with E-state index < -0.39 is 9.84 Å². The summed E-state index contributed by atoms with van der Waals surface area (Å²) in [6.07, 6.45) is 1.31. The fraction of sp³-hybridized carbons (Fsp3) is 0.458. The van der Waals surface area contributed by atoms with E-state index in [2.05, 4.69) is 15.3 Å². The van der Waals surface area contributed by atoms with Crippen LogP contribution in [0.15, 0.2) is 30.3 Å². The quantitative estimate of drug-likeness (QED) is 0.489. The number of ether oxygens (including phenoxy) is 1. The van der Waals surface area contributed by atoms with Crippen LogP contribution in [-0.2, 0) is 9.84 Å². The highest BCUT2D eigenvalue weighted by Crippen LogP contribution is 2.32. The second-order valence-electron chi connectivity index (χ2n) is 8.99. The first kappa shape index (κ1) is 24.2. The number of nitrogens with zero attached hydrogens (tertiary/aromatic N) is 4. The van der Waals surface area contributed by atoms with Crippen LogP contribution in [0.1, 0.15) is 34.9 Å². The first-order valence-corrected chi connectivity index (χ1v) is 13.2. The Morgan fingerprint density at radius 2 is 2.09 bits per heavy atom. The summed E-state index contributed by atoms with van der Waals surface area (Å²) in [6, 6.07) is 8.96. The summed E-state index contributed by atoms with van der Waals surface area (Å²) in [7, 11) is 2.48. The molecular formula is C24H31N5O4S. The van der Waals surface area contributed by atoms with Gasteiger partial charge in [-0.3, -0.25) is 4.79 Å². The second-order valence-corrected chi connectivity index (χ2v) is 11.2. The summed E-state index contributed by atoms with van der Waals surface area (Å²) in [5, 5.41) is 8.32. The molecule has 1 aliphatic rings. The molecule has 0 bridgehead atoms. The van der Waals surface area contributed by atoms with Gasteiger partial charge in [0.25, 0.3) is 5.91 Å². The van der Waals surface area contributed by atoms with Gasteiger partial charge in [0.2, 0.25) is 0 Å². The van der Waals surface area contributed by atoms with E-state index in [9.17, 15) is 13.2 Å². The maximum Gasteiger partial charge on any atom is 0.252 e. The molecule has 1 amide bonds. The fourth-order valence-corrected chi connectivity index (χ4v) is 6.03. The Kier molecular flexibility index (Phi) is 6.90. The molecule has 1 saturated heterocycles. The smallest absolute Gasteiger partial charge is 0.252 e. The van der Waals surface area contributed by atoms with Gasteiger partial charge in [-0.15, -0.1) is 0 Å². The number of amides is 1. The number of hydrogen-bond donors (Lipinski definition) is 1. The van der Waals surface area contributed by atoms with E-state index >= 15 is 0 Å². The Morgan fingerprint density at radius 1 is 1.29 bits per heavy atom. The van der Waals surface area contributed by atoms with Crippen LogP contribution < -0.4 is 10.1 Å². The molecule has 0 unspecified atom stereocenters. The van der Waals surface area contributed by atoms with Crippen molar-refractivity contribution >= 4 is 26.8 Å². The highest BCUT2D eigenvalue weighted by atomic mass is 32.2. The zero-order valence-electron chi connectivity index (χ0n) is 20.0. The zero-order chi connectivity index (χ0) is 24.5. The summed E-state index contributed by atoms with van der Waals surface area (Å²) in [6.45, 7) is 3.25. The van der Waals surface area contributed by atoms with Gasteiger partial charge in [0.05, 0.1) is 47.0 Å². The number of hydrogen-bond acceptors (Lipinski definition) is 7. The van der Waals surface area contributed by atoms with E-state index in [1.807, 2.05) is 45.3 Å². The van der Waals surface area contributed by atoms with Crippen molar-refractivity contribution in [3.8, 4) is 17.0 Å². The maximum absolute atomic E-state index is 13.3. The van der Waals surface area contributed by atoms with Crippen LogP contribution >= 0.6 is 0 Å². The molecule has 4 rings (SSSR count). The topological polar surface area (TPSA) is 106 Å². The maximum atomic E-state index is 13.3. The molecule has 3 heterocycles. The largest absolute Gasteiger partial charge is 0.497 e. The van der Waals surface area contributed by atoms with Gasteiger partial charge in [-0.25, -0.2) is 18.1 Å². The third kappa shape index (κ3) is 5.07. The zero-order valence-corrected chi connectivity index (χ0v) is 20.9. The molecule has 1 fully saturated rings. The van der Waals surface area contributed by atoms with E-state index in [-0.39, 0.29) is 23.5 Å². The number of rotatable bonds is 8. The minimum atomic E-state index is -3.11. The SMILES string of the molecule is COc1cccc(-c2cc(C(=O)NCCCN(C)C)c3c(C)nn([C@@H]4CCS(=O)(=O)C4)c3n2)c1. The number of benzene rings is 1. The van der Waals surface area contributed by atoms with E-state index in [1.165, 1.54) is 0 Å². The molecular weight excluding hydrogens is 454 g/mol. The van der Waals surface area contributed by atoms with Gasteiger partial charge in [-0.2, -0.15) is 5.10 Å². The van der Waals surface area contributed by atoms with Crippen molar-refractivity contribution in [1.82, 2.24) is 25.0 Å². The van der Waals surface area contributed by atoms with Crippen molar-refractivity contribution in [3.63, 3.8) is 0 Å². The summed E-state index contributed by atoms with van der Waals surface area (Å²) in [4.78, 5) is 20.2. The molecule has 34 heavy (non-hydrogen) atoms. The van der Waals surface area contributed by atoms with Crippen LogP contribution in [0.4, 0.5) is 0 Å². The highest BCUT2D eigenvalue weighted by Gasteiger charge is 2.32. The van der Waals surface area contributed by atoms with Crippen LogP contribution in [-0.4, -0.2) is 79.8 Å². The Hall–Kier alpha value is -2.98. The molecule has 1 aromatic carbocycles. The minimum absolute atomic E-state index is 0.0281. The lowest BCUT2D eigenvalue weighted by Gasteiger charge is -2.13. The van der Waals surface area contributed by atoms with Gasteiger partial charge in [0.15, 0.2) is 15.5 Å². The average Bonchev–Trinajstić information content (AvgIpc) is 3.34. The number of nitrogens with one attached hydrogen (secondary N) is 1. The average molecular weight is 486 g/mol. The number of fused-ring (bicyclic) bond motifs is 1. The number of sulfone groups is 1. The molecule has 1 N–H and O–H groups in total. The van der Waals surface area contributed by atoms with E-state index in [4.69, 9.17) is 9.72 Å². The number of aryl methyl sites for hydroxylation is 1. The van der Waals surface area contributed by atoms with E-state index in [0.29, 0.717) is 46.7 Å². The predicted octanol–water partition coefficient (Wildman–Crippen LogP) is 2.46. The van der Waals surface area contributed by atoms with Gasteiger partial charge in [-0.1, -0.05) is 12.1 Å². The number of pyridine rings is 1. The number of aromatic nitrogens is 3. The standard InChI is InChI=1S/C24H31N5O4S/c1-16-22-20(24(30)25-10-6-11-28(2)3)14-21(17-7-5-8-19(13-17)33-4)26-23(22)29(27-16)18-9-12-34(31,32)15-18/h5,7-8,13-14,18H,6,9-12,15H2,1-4H3,(H,25,30)/t18-/m1/s1. The van der Waals surface area contributed by atoms with Crippen molar-refractivity contribution in [1.29, 1.82) is 0 Å².